The second-order valence-electron chi connectivity index (χ2n) is 4.52. The number of nitrogen functional groups attached to an aromatic ring is 1. The Hall–Kier alpha value is -1.92. The zero-order valence-electron chi connectivity index (χ0n) is 9.68. The van der Waals surface area contributed by atoms with Gasteiger partial charge in [0.15, 0.2) is 5.65 Å². The molecular formula is C11H13F2N5. The van der Waals surface area contributed by atoms with Crippen LogP contribution in [0.2, 0.25) is 0 Å². The quantitative estimate of drug-likeness (QED) is 0.837. The van der Waals surface area contributed by atoms with Crippen molar-refractivity contribution in [3.05, 3.63) is 18.3 Å². The van der Waals surface area contributed by atoms with E-state index in [-0.39, 0.29) is 25.9 Å². The number of anilines is 2. The average Bonchev–Trinajstić information content (AvgIpc) is 2.71. The standard InChI is InChI=1S/C11H13F2N5/c12-11(13)2-5-17(6-3-11)10-15-9-7-8(14)1-4-18(9)16-10/h1,4,7H,2-3,5-6,14H2. The van der Waals surface area contributed by atoms with Crippen LogP contribution in [0.1, 0.15) is 12.8 Å². The van der Waals surface area contributed by atoms with Gasteiger partial charge in [-0.3, -0.25) is 0 Å². The van der Waals surface area contributed by atoms with Gasteiger partial charge in [-0.15, -0.1) is 5.10 Å². The molecule has 96 valence electrons. The van der Waals surface area contributed by atoms with Crippen molar-refractivity contribution in [3.63, 3.8) is 0 Å². The minimum atomic E-state index is -2.56. The van der Waals surface area contributed by atoms with Crippen LogP contribution < -0.4 is 10.6 Å². The van der Waals surface area contributed by atoms with E-state index in [1.807, 2.05) is 0 Å². The van der Waals surface area contributed by atoms with E-state index in [4.69, 9.17) is 5.73 Å². The molecule has 0 aliphatic carbocycles. The third-order valence-electron chi connectivity index (χ3n) is 3.13. The second kappa shape index (κ2) is 3.79. The number of aromatic nitrogens is 3. The lowest BCUT2D eigenvalue weighted by Gasteiger charge is -2.30. The van der Waals surface area contributed by atoms with Crippen LogP contribution in [0.5, 0.6) is 0 Å². The molecule has 0 atom stereocenters. The Labute approximate surface area is 102 Å². The molecule has 0 aromatic carbocycles. The normalized spacial score (nSPS) is 19.3. The van der Waals surface area contributed by atoms with E-state index in [0.717, 1.165) is 0 Å². The van der Waals surface area contributed by atoms with Crippen molar-refractivity contribution in [1.82, 2.24) is 14.6 Å². The fourth-order valence-electron chi connectivity index (χ4n) is 2.05. The molecule has 0 saturated carbocycles. The zero-order chi connectivity index (χ0) is 12.8. The lowest BCUT2D eigenvalue weighted by atomic mass is 10.1. The Morgan fingerprint density at radius 3 is 2.72 bits per heavy atom. The summed E-state index contributed by atoms with van der Waals surface area (Å²) in [6.07, 6.45) is 1.41. The predicted octanol–water partition coefficient (Wildman–Crippen LogP) is 1.55. The molecule has 5 nitrogen and oxygen atoms in total. The molecule has 3 heterocycles. The SMILES string of the molecule is Nc1ccn2nc(N3CCC(F)(F)CC3)nc2c1. The first-order valence-electron chi connectivity index (χ1n) is 5.78. The highest BCUT2D eigenvalue weighted by Crippen LogP contribution is 2.29. The third kappa shape index (κ3) is 1.96. The minimum Gasteiger partial charge on any atom is -0.399 e. The van der Waals surface area contributed by atoms with E-state index >= 15 is 0 Å². The van der Waals surface area contributed by atoms with E-state index in [1.165, 1.54) is 0 Å². The van der Waals surface area contributed by atoms with Crippen LogP contribution in [0.3, 0.4) is 0 Å². The molecule has 2 N–H and O–H groups in total. The van der Waals surface area contributed by atoms with E-state index < -0.39 is 5.92 Å². The van der Waals surface area contributed by atoms with Gasteiger partial charge in [0.1, 0.15) is 0 Å². The molecular weight excluding hydrogens is 240 g/mol. The summed E-state index contributed by atoms with van der Waals surface area (Å²) in [6, 6.07) is 3.42. The van der Waals surface area contributed by atoms with Crippen molar-refractivity contribution in [2.45, 2.75) is 18.8 Å². The molecule has 1 fully saturated rings. The Bertz CT molecular complexity index is 570. The number of hydrogen-bond acceptors (Lipinski definition) is 4. The minimum absolute atomic E-state index is 0.148. The van der Waals surface area contributed by atoms with Crippen molar-refractivity contribution in [2.24, 2.45) is 0 Å². The number of nitrogens with two attached hydrogens (primary N) is 1. The van der Waals surface area contributed by atoms with Crippen LogP contribution in [0, 0.1) is 0 Å². The first-order chi connectivity index (χ1) is 8.53. The first kappa shape index (κ1) is 11.2. The fourth-order valence-corrected chi connectivity index (χ4v) is 2.05. The molecule has 0 amide bonds. The number of pyridine rings is 1. The Kier molecular flexibility index (Phi) is 2.36. The van der Waals surface area contributed by atoms with Crippen LogP contribution >= 0.6 is 0 Å². The molecule has 3 rings (SSSR count). The van der Waals surface area contributed by atoms with Gasteiger partial charge in [-0.25, -0.2) is 13.3 Å². The molecule has 2 aromatic heterocycles. The number of alkyl halides is 2. The molecule has 0 unspecified atom stereocenters. The van der Waals surface area contributed by atoms with Crippen LogP contribution in [-0.2, 0) is 0 Å². The highest BCUT2D eigenvalue weighted by molar-refractivity contribution is 5.53. The number of piperidine rings is 1. The van der Waals surface area contributed by atoms with E-state index in [2.05, 4.69) is 10.1 Å². The molecule has 1 aliphatic rings. The third-order valence-corrected chi connectivity index (χ3v) is 3.13. The molecule has 7 heteroatoms. The number of hydrogen-bond donors (Lipinski definition) is 1. The zero-order valence-corrected chi connectivity index (χ0v) is 9.68. The highest BCUT2D eigenvalue weighted by Gasteiger charge is 2.35. The Morgan fingerprint density at radius 1 is 1.28 bits per heavy atom. The molecule has 2 aromatic rings. The fraction of sp³-hybridized carbons (Fsp3) is 0.455. The van der Waals surface area contributed by atoms with E-state index in [1.54, 1.807) is 27.7 Å². The lowest BCUT2D eigenvalue weighted by Crippen LogP contribution is -2.39. The summed E-state index contributed by atoms with van der Waals surface area (Å²) >= 11 is 0. The average molecular weight is 253 g/mol. The second-order valence-corrected chi connectivity index (χ2v) is 4.52. The number of nitrogens with zero attached hydrogens (tertiary/aromatic N) is 4. The Morgan fingerprint density at radius 2 is 2.00 bits per heavy atom. The van der Waals surface area contributed by atoms with Gasteiger partial charge in [0, 0.05) is 43.9 Å². The molecule has 0 bridgehead atoms. The first-order valence-corrected chi connectivity index (χ1v) is 5.78. The topological polar surface area (TPSA) is 59.5 Å². The van der Waals surface area contributed by atoms with Gasteiger partial charge in [-0.05, 0) is 6.07 Å². The van der Waals surface area contributed by atoms with Gasteiger partial charge < -0.3 is 10.6 Å². The van der Waals surface area contributed by atoms with Crippen molar-refractivity contribution in [1.29, 1.82) is 0 Å². The molecule has 1 saturated heterocycles. The number of fused-ring (bicyclic) bond motifs is 1. The summed E-state index contributed by atoms with van der Waals surface area (Å²) in [4.78, 5) is 6.08. The number of rotatable bonds is 1. The summed E-state index contributed by atoms with van der Waals surface area (Å²) in [7, 11) is 0. The largest absolute Gasteiger partial charge is 0.399 e. The number of halogens is 2. The smallest absolute Gasteiger partial charge is 0.251 e. The van der Waals surface area contributed by atoms with Crippen molar-refractivity contribution in [3.8, 4) is 0 Å². The molecule has 1 aliphatic heterocycles. The van der Waals surface area contributed by atoms with Crippen LogP contribution in [0.4, 0.5) is 20.4 Å². The molecule has 0 radical (unpaired) electrons. The monoisotopic (exact) mass is 253 g/mol. The van der Waals surface area contributed by atoms with Gasteiger partial charge >= 0.3 is 0 Å². The maximum absolute atomic E-state index is 13.1. The molecule has 18 heavy (non-hydrogen) atoms. The Balaban J connectivity index is 1.87. The van der Waals surface area contributed by atoms with Crippen molar-refractivity contribution < 1.29 is 8.78 Å². The maximum atomic E-state index is 13.1. The van der Waals surface area contributed by atoms with Gasteiger partial charge in [0.25, 0.3) is 5.92 Å². The lowest BCUT2D eigenvalue weighted by molar-refractivity contribution is -0.0222. The molecule has 0 spiro atoms. The van der Waals surface area contributed by atoms with Gasteiger partial charge in [-0.1, -0.05) is 0 Å². The summed E-state index contributed by atoms with van der Waals surface area (Å²) in [6.45, 7) is 0.554. The van der Waals surface area contributed by atoms with Gasteiger partial charge in [-0.2, -0.15) is 4.98 Å². The predicted molar refractivity (Wildman–Crippen MR) is 63.8 cm³/mol. The van der Waals surface area contributed by atoms with Crippen LogP contribution in [0.25, 0.3) is 5.65 Å². The maximum Gasteiger partial charge on any atom is 0.251 e. The summed E-state index contributed by atoms with van der Waals surface area (Å²) in [5, 5.41) is 4.26. The van der Waals surface area contributed by atoms with Crippen molar-refractivity contribution in [2.75, 3.05) is 23.7 Å². The van der Waals surface area contributed by atoms with Crippen molar-refractivity contribution >= 4 is 17.3 Å². The van der Waals surface area contributed by atoms with E-state index in [9.17, 15) is 8.78 Å². The summed E-state index contributed by atoms with van der Waals surface area (Å²) in [5.41, 5.74) is 6.88. The van der Waals surface area contributed by atoms with Crippen LogP contribution in [0.15, 0.2) is 18.3 Å². The van der Waals surface area contributed by atoms with Crippen LogP contribution in [-0.4, -0.2) is 33.6 Å². The van der Waals surface area contributed by atoms with Gasteiger partial charge in [0.2, 0.25) is 5.95 Å². The van der Waals surface area contributed by atoms with E-state index in [0.29, 0.717) is 17.3 Å². The summed E-state index contributed by atoms with van der Waals surface area (Å²) < 4.78 is 27.7. The summed E-state index contributed by atoms with van der Waals surface area (Å²) in [5.74, 6) is -2.07. The highest BCUT2D eigenvalue weighted by atomic mass is 19.3. The van der Waals surface area contributed by atoms with Gasteiger partial charge in [0.05, 0.1) is 0 Å².